The van der Waals surface area contributed by atoms with E-state index in [0.29, 0.717) is 0 Å². The van der Waals surface area contributed by atoms with Gasteiger partial charge in [0.15, 0.2) is 6.10 Å². The molecule has 0 aliphatic carbocycles. The molecule has 0 aromatic heterocycles. The van der Waals surface area contributed by atoms with Gasteiger partial charge in [-0.15, -0.1) is 0 Å². The largest absolute Gasteiger partial charge is 0.388 e. The second-order valence-electron chi connectivity index (χ2n) is 3.45. The van der Waals surface area contributed by atoms with Crippen molar-refractivity contribution in [2.75, 3.05) is 6.61 Å². The molecule has 0 aromatic carbocycles. The summed E-state index contributed by atoms with van der Waals surface area (Å²) in [7, 11) is 0. The van der Waals surface area contributed by atoms with E-state index in [-0.39, 0.29) is 6.61 Å². The van der Waals surface area contributed by atoms with Crippen molar-refractivity contribution < 1.29 is 31.3 Å². The first kappa shape index (κ1) is 10.3. The summed E-state index contributed by atoms with van der Waals surface area (Å²) in [4.78, 5) is 0. The van der Waals surface area contributed by atoms with Crippen LogP contribution in [0.4, 0.5) is 0 Å². The molecule has 1 fully saturated rings. The summed E-state index contributed by atoms with van der Waals surface area (Å²) in [5, 5.41) is 37.5. The van der Waals surface area contributed by atoms with Crippen molar-refractivity contribution in [1.29, 1.82) is 0 Å². The van der Waals surface area contributed by atoms with E-state index >= 15 is 0 Å². The van der Waals surface area contributed by atoms with E-state index in [1.54, 1.807) is 0 Å². The van der Waals surface area contributed by atoms with E-state index in [4.69, 9.17) is 11.2 Å². The van der Waals surface area contributed by atoms with Crippen LogP contribution in [0.15, 0.2) is 0 Å². The Kier molecular flexibility index (Phi) is 3.01. The summed E-state index contributed by atoms with van der Waals surface area (Å²) in [6.07, 6.45) is -6.20. The van der Waals surface area contributed by atoms with E-state index in [0.717, 1.165) is 0 Å². The number of aliphatic hydroxyl groups excluding tert-OH is 3. The van der Waals surface area contributed by atoms with Gasteiger partial charge in [0, 0.05) is 0 Å². The molecule has 1 unspecified atom stereocenters. The van der Waals surface area contributed by atoms with Crippen LogP contribution >= 0.6 is 0 Å². The number of hydrogen-bond donors (Lipinski definition) is 4. The quantitative estimate of drug-likeness (QED) is 0.399. The van der Waals surface area contributed by atoms with Crippen molar-refractivity contribution in [3.05, 3.63) is 0 Å². The van der Waals surface area contributed by atoms with Crippen molar-refractivity contribution in [2.24, 2.45) is 0 Å². The molecule has 1 rings (SSSR count). The van der Waals surface area contributed by atoms with E-state index in [1.165, 1.54) is 13.8 Å². The molecule has 6 heteroatoms. The molecule has 84 valence electrons. The molecule has 0 aromatic rings. The van der Waals surface area contributed by atoms with E-state index < -0.39 is 30.4 Å². The summed E-state index contributed by atoms with van der Waals surface area (Å²) >= 11 is 0. The van der Waals surface area contributed by atoms with Gasteiger partial charge < -0.3 is 29.9 Å². The molecule has 0 spiro atoms. The highest BCUT2D eigenvalue weighted by molar-refractivity contribution is 4.86. The van der Waals surface area contributed by atoms with E-state index in [1.807, 2.05) is 0 Å². The molecule has 1 aliphatic rings. The van der Waals surface area contributed by atoms with Crippen molar-refractivity contribution in [3.8, 4) is 0 Å². The van der Waals surface area contributed by atoms with Crippen LogP contribution in [0.5, 0.6) is 0 Å². The first-order valence-corrected chi connectivity index (χ1v) is 4.26. The molecule has 4 N–H and O–H groups in total. The Bertz CT molecular complexity index is 230. The van der Waals surface area contributed by atoms with Gasteiger partial charge in [-0.05, 0) is 13.8 Å². The molecule has 0 radical (unpaired) electrons. The summed E-state index contributed by atoms with van der Waals surface area (Å²) in [5.41, 5.74) is 0. The third-order valence-corrected chi connectivity index (χ3v) is 1.90. The molecule has 4 atom stereocenters. The number of hydrogen-bond acceptors (Lipinski definition) is 6. The van der Waals surface area contributed by atoms with Gasteiger partial charge in [0.1, 0.15) is 12.2 Å². The first-order chi connectivity index (χ1) is 6.66. The van der Waals surface area contributed by atoms with Crippen LogP contribution in [0.25, 0.3) is 0 Å². The minimum absolute atomic E-state index is 0.384. The zero-order valence-corrected chi connectivity index (χ0v) is 8.04. The van der Waals surface area contributed by atoms with Crippen molar-refractivity contribution in [3.63, 3.8) is 0 Å². The van der Waals surface area contributed by atoms with Crippen LogP contribution in [-0.2, 0) is 9.47 Å². The third-order valence-electron chi connectivity index (χ3n) is 1.90. The van der Waals surface area contributed by atoms with Gasteiger partial charge >= 0.3 is 5.97 Å². The summed E-state index contributed by atoms with van der Waals surface area (Å²) in [6.45, 7) is 2.28. The number of rotatable bonds is 2. The lowest BCUT2D eigenvalue weighted by molar-refractivity contribution is -0.438. The minimum atomic E-state index is -2.47. The molecule has 14 heavy (non-hydrogen) atoms. The Morgan fingerprint density at radius 3 is 2.57 bits per heavy atom. The maximum atomic E-state index is 9.68. The smallest absolute Gasteiger partial charge is 0.311 e. The summed E-state index contributed by atoms with van der Waals surface area (Å²) in [6, 6.07) is 0. The van der Waals surface area contributed by atoms with Crippen molar-refractivity contribution in [1.82, 2.24) is 0 Å². The zero-order valence-electron chi connectivity index (χ0n) is 9.04. The van der Waals surface area contributed by atoms with Gasteiger partial charge in [-0.25, -0.2) is 0 Å². The van der Waals surface area contributed by atoms with Gasteiger partial charge in [0.25, 0.3) is 0 Å². The predicted molar refractivity (Wildman–Crippen MR) is 45.1 cm³/mol. The highest BCUT2D eigenvalue weighted by Crippen LogP contribution is 2.26. The lowest BCUT2D eigenvalue weighted by Crippen LogP contribution is -2.62. The van der Waals surface area contributed by atoms with Gasteiger partial charge in [0.05, 0.1) is 14.1 Å². The molecule has 6 nitrogen and oxygen atoms in total. The number of aliphatic hydroxyl groups is 4. The Morgan fingerprint density at radius 2 is 2.07 bits per heavy atom. The summed E-state index contributed by atoms with van der Waals surface area (Å²) < 4.78 is 16.8. The zero-order chi connectivity index (χ0) is 11.9. The van der Waals surface area contributed by atoms with Crippen molar-refractivity contribution in [2.45, 2.75) is 44.2 Å². The molecule has 0 amide bonds. The highest BCUT2D eigenvalue weighted by atomic mass is 16.8. The Hall–Kier alpha value is -0.240. The lowest BCUT2D eigenvalue weighted by Gasteiger charge is -2.41. The topological polar surface area (TPSA) is 99.4 Å². The third kappa shape index (κ3) is 2.22. The van der Waals surface area contributed by atoms with Gasteiger partial charge in [-0.3, -0.25) is 0 Å². The Balaban J connectivity index is 2.76. The van der Waals surface area contributed by atoms with Gasteiger partial charge in [-0.1, -0.05) is 0 Å². The first-order valence-electron chi connectivity index (χ1n) is 4.76. The predicted octanol–water partition coefficient (Wildman–Crippen LogP) is -1.83. The van der Waals surface area contributed by atoms with Gasteiger partial charge in [-0.2, -0.15) is 0 Å². The average molecular weight is 209 g/mol. The number of ether oxygens (including phenoxy) is 2. The second-order valence-corrected chi connectivity index (χ2v) is 3.45. The van der Waals surface area contributed by atoms with Crippen LogP contribution in [0, 0.1) is 0 Å². The van der Waals surface area contributed by atoms with Gasteiger partial charge in [0.2, 0.25) is 0 Å². The Morgan fingerprint density at radius 1 is 1.50 bits per heavy atom. The SMILES string of the molecule is [2H]C(C)(C)OC1(O)OC[C@@H](O)[C@@H](O)[C@@H]1O. The van der Waals surface area contributed by atoms with E-state index in [9.17, 15) is 15.3 Å². The summed E-state index contributed by atoms with van der Waals surface area (Å²) in [5.74, 6) is -2.47. The second kappa shape index (κ2) is 4.09. The fourth-order valence-corrected chi connectivity index (χ4v) is 1.20. The van der Waals surface area contributed by atoms with Crippen molar-refractivity contribution >= 4 is 0 Å². The van der Waals surface area contributed by atoms with Crippen LogP contribution in [0.1, 0.15) is 15.2 Å². The fourth-order valence-electron chi connectivity index (χ4n) is 1.20. The fraction of sp³-hybridized carbons (Fsp3) is 1.00. The molecule has 1 heterocycles. The normalized spacial score (nSPS) is 46.1. The van der Waals surface area contributed by atoms with Crippen LogP contribution in [0.3, 0.4) is 0 Å². The lowest BCUT2D eigenvalue weighted by atomic mass is 10.0. The van der Waals surface area contributed by atoms with Crippen LogP contribution in [0.2, 0.25) is 0 Å². The molecule has 1 aliphatic heterocycles. The maximum Gasteiger partial charge on any atom is 0.311 e. The molecule has 1 saturated heterocycles. The standard InChI is InChI=1S/C8H16O6/c1-4(2)14-8(12)7(11)6(10)5(9)3-13-8/h4-7,9-12H,3H2,1-2H3/t5-,6-,7+,8?/m1/s1/i4D. The van der Waals surface area contributed by atoms with E-state index in [2.05, 4.69) is 4.74 Å². The average Bonchev–Trinajstić information content (AvgIpc) is 2.06. The Labute approximate surface area is 83.1 Å². The molecule has 0 saturated carbocycles. The molecular formula is C8H16O6. The maximum absolute atomic E-state index is 9.68. The minimum Gasteiger partial charge on any atom is -0.388 e. The highest BCUT2D eigenvalue weighted by Gasteiger charge is 2.50. The molecule has 0 bridgehead atoms. The molecular weight excluding hydrogens is 192 g/mol. The monoisotopic (exact) mass is 209 g/mol. The van der Waals surface area contributed by atoms with Crippen LogP contribution < -0.4 is 0 Å². The van der Waals surface area contributed by atoms with Crippen LogP contribution in [-0.4, -0.2) is 57.4 Å².